The second-order valence-electron chi connectivity index (χ2n) is 9.27. The van der Waals surface area contributed by atoms with E-state index in [2.05, 4.69) is 21.9 Å². The van der Waals surface area contributed by atoms with Crippen LogP contribution in [0.2, 0.25) is 0 Å². The number of rotatable bonds is 21. The number of hydrogen-bond donors (Lipinski definition) is 2. The van der Waals surface area contributed by atoms with Gasteiger partial charge in [0.1, 0.15) is 18.1 Å². The van der Waals surface area contributed by atoms with Crippen LogP contribution in [0.4, 0.5) is 5.82 Å². The molecule has 188 valence electrons. The van der Waals surface area contributed by atoms with Gasteiger partial charge in [-0.1, -0.05) is 103 Å². The van der Waals surface area contributed by atoms with Crippen LogP contribution in [0.1, 0.15) is 122 Å². The summed E-state index contributed by atoms with van der Waals surface area (Å²) in [5.74, 6) is 0.325. The Hall–Kier alpha value is -1.73. The van der Waals surface area contributed by atoms with Crippen molar-refractivity contribution in [2.24, 2.45) is 0 Å². The summed E-state index contributed by atoms with van der Waals surface area (Å²) in [5, 5.41) is 10.4. The van der Waals surface area contributed by atoms with Gasteiger partial charge in [0.25, 0.3) is 0 Å². The van der Waals surface area contributed by atoms with E-state index < -0.39 is 6.23 Å². The summed E-state index contributed by atoms with van der Waals surface area (Å²) in [6, 6.07) is 0. The predicted molar refractivity (Wildman–Crippen MR) is 136 cm³/mol. The number of nitrogens with zero attached hydrogens (tertiary/aromatic N) is 4. The van der Waals surface area contributed by atoms with Crippen molar-refractivity contribution >= 4 is 17.0 Å². The average molecular weight is 462 g/mol. The molecule has 7 nitrogen and oxygen atoms in total. The molecule has 0 aromatic carbocycles. The van der Waals surface area contributed by atoms with Crippen LogP contribution in [-0.4, -0.2) is 37.8 Å². The molecule has 7 heteroatoms. The molecule has 2 aromatic heterocycles. The highest BCUT2D eigenvalue weighted by atomic mass is 16.5. The SMILES string of the molecule is CCCCCCCCCCCCCCCCCCOCCC(O)n1cnc2c(N)ncnc21. The third-order valence-electron chi connectivity index (χ3n) is 6.37. The van der Waals surface area contributed by atoms with Gasteiger partial charge in [-0.2, -0.15) is 0 Å². The lowest BCUT2D eigenvalue weighted by Crippen LogP contribution is -2.11. The molecule has 0 radical (unpaired) electrons. The first kappa shape index (κ1) is 27.5. The van der Waals surface area contributed by atoms with Crippen LogP contribution in [0.25, 0.3) is 11.2 Å². The van der Waals surface area contributed by atoms with Crippen LogP contribution in [0.3, 0.4) is 0 Å². The van der Waals surface area contributed by atoms with Crippen molar-refractivity contribution in [1.29, 1.82) is 0 Å². The van der Waals surface area contributed by atoms with E-state index >= 15 is 0 Å². The normalized spacial score (nSPS) is 12.5. The van der Waals surface area contributed by atoms with E-state index in [0.717, 1.165) is 13.0 Å². The molecule has 0 aliphatic carbocycles. The van der Waals surface area contributed by atoms with E-state index in [4.69, 9.17) is 10.5 Å². The standard InChI is InChI=1S/C26H47N5O2/c1-2-3-4-5-6-7-8-9-10-11-12-13-14-15-16-17-19-33-20-18-23(32)31-22-30-24-25(27)28-21-29-26(24)31/h21-23,32H,2-20H2,1H3,(H2,27,28,29). The maximum absolute atomic E-state index is 10.4. The van der Waals surface area contributed by atoms with Gasteiger partial charge in [0, 0.05) is 13.0 Å². The van der Waals surface area contributed by atoms with Gasteiger partial charge in [0.15, 0.2) is 11.5 Å². The molecular formula is C26H47N5O2. The molecular weight excluding hydrogens is 414 g/mol. The van der Waals surface area contributed by atoms with Crippen molar-refractivity contribution < 1.29 is 9.84 Å². The fraction of sp³-hybridized carbons (Fsp3) is 0.808. The quantitative estimate of drug-likeness (QED) is 0.204. The monoisotopic (exact) mass is 461 g/mol. The maximum Gasteiger partial charge on any atom is 0.167 e. The Kier molecular flexibility index (Phi) is 14.8. The lowest BCUT2D eigenvalue weighted by Gasteiger charge is -2.13. The number of nitrogen functional groups attached to an aromatic ring is 1. The van der Waals surface area contributed by atoms with Crippen LogP contribution in [-0.2, 0) is 4.74 Å². The number of aromatic nitrogens is 4. The van der Waals surface area contributed by atoms with Crippen LogP contribution < -0.4 is 5.73 Å². The van der Waals surface area contributed by atoms with Gasteiger partial charge in [-0.3, -0.25) is 4.57 Å². The van der Waals surface area contributed by atoms with Crippen LogP contribution in [0.15, 0.2) is 12.7 Å². The van der Waals surface area contributed by atoms with Gasteiger partial charge in [-0.15, -0.1) is 0 Å². The number of nitrogens with two attached hydrogens (primary N) is 1. The lowest BCUT2D eigenvalue weighted by molar-refractivity contribution is 0.0458. The first-order chi connectivity index (χ1) is 16.2. The van der Waals surface area contributed by atoms with Gasteiger partial charge >= 0.3 is 0 Å². The minimum Gasteiger partial charge on any atom is -0.382 e. The lowest BCUT2D eigenvalue weighted by atomic mass is 10.0. The minimum absolute atomic E-state index is 0.325. The van der Waals surface area contributed by atoms with Crippen LogP contribution >= 0.6 is 0 Å². The molecule has 2 heterocycles. The van der Waals surface area contributed by atoms with E-state index in [1.807, 2.05) is 0 Å². The Morgan fingerprint density at radius 1 is 0.788 bits per heavy atom. The van der Waals surface area contributed by atoms with Gasteiger partial charge in [-0.25, -0.2) is 15.0 Å². The summed E-state index contributed by atoms with van der Waals surface area (Å²) >= 11 is 0. The fourth-order valence-electron chi connectivity index (χ4n) is 4.27. The zero-order chi connectivity index (χ0) is 23.6. The zero-order valence-electron chi connectivity index (χ0n) is 20.9. The Morgan fingerprint density at radius 3 is 1.91 bits per heavy atom. The minimum atomic E-state index is -0.727. The number of fused-ring (bicyclic) bond motifs is 1. The Labute approximate surface area is 200 Å². The van der Waals surface area contributed by atoms with Crippen molar-refractivity contribution in [2.45, 2.75) is 122 Å². The molecule has 2 aromatic rings. The number of ether oxygens (including phenoxy) is 1. The summed E-state index contributed by atoms with van der Waals surface area (Å²) in [6.45, 7) is 3.55. The highest BCUT2D eigenvalue weighted by Gasteiger charge is 2.13. The first-order valence-corrected chi connectivity index (χ1v) is 13.4. The smallest absolute Gasteiger partial charge is 0.167 e. The van der Waals surface area contributed by atoms with Crippen LogP contribution in [0, 0.1) is 0 Å². The second kappa shape index (κ2) is 17.7. The molecule has 0 saturated heterocycles. The van der Waals surface area contributed by atoms with Crippen molar-refractivity contribution in [2.75, 3.05) is 18.9 Å². The predicted octanol–water partition coefficient (Wildman–Crippen LogP) is 6.57. The summed E-state index contributed by atoms with van der Waals surface area (Å²) in [4.78, 5) is 12.3. The van der Waals surface area contributed by atoms with Crippen molar-refractivity contribution in [3.63, 3.8) is 0 Å². The highest BCUT2D eigenvalue weighted by molar-refractivity contribution is 5.81. The third kappa shape index (κ3) is 11.3. The van der Waals surface area contributed by atoms with E-state index in [9.17, 15) is 5.11 Å². The average Bonchev–Trinajstić information content (AvgIpc) is 3.26. The van der Waals surface area contributed by atoms with Crippen molar-refractivity contribution in [1.82, 2.24) is 19.5 Å². The zero-order valence-corrected chi connectivity index (χ0v) is 20.9. The van der Waals surface area contributed by atoms with E-state index in [-0.39, 0.29) is 0 Å². The number of anilines is 1. The Morgan fingerprint density at radius 2 is 1.33 bits per heavy atom. The van der Waals surface area contributed by atoms with E-state index in [1.54, 1.807) is 10.9 Å². The van der Waals surface area contributed by atoms with Gasteiger partial charge < -0.3 is 15.6 Å². The molecule has 1 atom stereocenters. The van der Waals surface area contributed by atoms with E-state index in [0.29, 0.717) is 30.0 Å². The van der Waals surface area contributed by atoms with Crippen molar-refractivity contribution in [3.05, 3.63) is 12.7 Å². The number of imidazole rings is 1. The number of hydrogen-bond acceptors (Lipinski definition) is 6. The Bertz CT molecular complexity index is 737. The summed E-state index contributed by atoms with van der Waals surface area (Å²) in [7, 11) is 0. The van der Waals surface area contributed by atoms with E-state index in [1.165, 1.54) is 103 Å². The fourth-order valence-corrected chi connectivity index (χ4v) is 4.27. The summed E-state index contributed by atoms with van der Waals surface area (Å²) in [6.07, 6.45) is 24.6. The molecule has 2 rings (SSSR count). The molecule has 1 unspecified atom stereocenters. The largest absolute Gasteiger partial charge is 0.382 e. The Balaban J connectivity index is 1.34. The van der Waals surface area contributed by atoms with Gasteiger partial charge in [0.05, 0.1) is 12.9 Å². The highest BCUT2D eigenvalue weighted by Crippen LogP contribution is 2.19. The first-order valence-electron chi connectivity index (χ1n) is 13.4. The molecule has 0 aliphatic heterocycles. The van der Waals surface area contributed by atoms with Crippen LogP contribution in [0.5, 0.6) is 0 Å². The molecule has 0 spiro atoms. The van der Waals surface area contributed by atoms with Gasteiger partial charge in [0.2, 0.25) is 0 Å². The number of aliphatic hydroxyl groups excluding tert-OH is 1. The summed E-state index contributed by atoms with van der Waals surface area (Å²) < 4.78 is 7.32. The van der Waals surface area contributed by atoms with Crippen molar-refractivity contribution in [3.8, 4) is 0 Å². The number of aliphatic hydroxyl groups is 1. The maximum atomic E-state index is 10.4. The molecule has 0 fully saturated rings. The molecule has 33 heavy (non-hydrogen) atoms. The molecule has 0 aliphatic rings. The van der Waals surface area contributed by atoms with Gasteiger partial charge in [-0.05, 0) is 6.42 Å². The second-order valence-corrected chi connectivity index (χ2v) is 9.27. The number of unbranched alkanes of at least 4 members (excludes halogenated alkanes) is 15. The topological polar surface area (TPSA) is 99.1 Å². The third-order valence-corrected chi connectivity index (χ3v) is 6.37. The molecule has 0 bridgehead atoms. The molecule has 0 amide bonds. The molecule has 3 N–H and O–H groups in total. The molecule has 0 saturated carbocycles. The summed E-state index contributed by atoms with van der Waals surface area (Å²) in [5.41, 5.74) is 6.86.